The van der Waals surface area contributed by atoms with Gasteiger partial charge in [0.15, 0.2) is 5.43 Å². The Bertz CT molecular complexity index is 1010. The average molecular weight is 385 g/mol. The number of aliphatic hydroxyl groups is 1. The molecule has 0 radical (unpaired) electrons. The molecule has 0 saturated carbocycles. The molecular weight excluding hydrogens is 362 g/mol. The Morgan fingerprint density at radius 1 is 1.07 bits per heavy atom. The summed E-state index contributed by atoms with van der Waals surface area (Å²) in [5.74, 6) is 0.384. The number of phenolic OH excluding ortho intramolecular Hbond substituents is 2. The van der Waals surface area contributed by atoms with Gasteiger partial charge in [0.2, 0.25) is 0 Å². The van der Waals surface area contributed by atoms with Crippen LogP contribution in [-0.2, 0) is 0 Å². The van der Waals surface area contributed by atoms with Crippen molar-refractivity contribution in [3.8, 4) is 28.6 Å². The zero-order valence-corrected chi connectivity index (χ0v) is 15.7. The zero-order valence-electron chi connectivity index (χ0n) is 15.7. The molecule has 0 bridgehead atoms. The normalized spacial score (nSPS) is 12.4. The third-order valence-corrected chi connectivity index (χ3v) is 4.09. The van der Waals surface area contributed by atoms with Crippen LogP contribution < -0.4 is 15.5 Å². The van der Waals surface area contributed by atoms with Gasteiger partial charge in [0.25, 0.3) is 0 Å². The van der Waals surface area contributed by atoms with Crippen LogP contribution in [0, 0.1) is 0 Å². The Kier molecular flexibility index (Phi) is 5.87. The van der Waals surface area contributed by atoms with Gasteiger partial charge in [0.05, 0.1) is 5.39 Å². The Balaban J connectivity index is 1.85. The van der Waals surface area contributed by atoms with Gasteiger partial charge < -0.3 is 29.8 Å². The second kappa shape index (κ2) is 8.33. The van der Waals surface area contributed by atoms with E-state index in [9.17, 15) is 20.1 Å². The number of aliphatic hydroxyl groups excluding tert-OH is 1. The topological polar surface area (TPSA) is 112 Å². The number of fused-ring (bicyclic) bond motifs is 1. The monoisotopic (exact) mass is 385 g/mol. The molecule has 1 atom stereocenters. The highest BCUT2D eigenvalue weighted by atomic mass is 16.5. The molecule has 1 heterocycles. The number of benzene rings is 2. The summed E-state index contributed by atoms with van der Waals surface area (Å²) in [6, 6.07) is 10.4. The number of hydrogen-bond acceptors (Lipinski definition) is 7. The van der Waals surface area contributed by atoms with E-state index in [2.05, 4.69) is 5.32 Å². The maximum Gasteiger partial charge on any atom is 0.193 e. The lowest BCUT2D eigenvalue weighted by atomic mass is 10.1. The summed E-state index contributed by atoms with van der Waals surface area (Å²) in [7, 11) is 0. The molecule has 148 valence electrons. The summed E-state index contributed by atoms with van der Waals surface area (Å²) in [5, 5.41) is 32.8. The van der Waals surface area contributed by atoms with Gasteiger partial charge in [-0.15, -0.1) is 0 Å². The van der Waals surface area contributed by atoms with Crippen LogP contribution in [0.25, 0.3) is 22.3 Å². The van der Waals surface area contributed by atoms with Crippen LogP contribution in [0.5, 0.6) is 17.2 Å². The van der Waals surface area contributed by atoms with Crippen molar-refractivity contribution in [2.75, 3.05) is 13.2 Å². The van der Waals surface area contributed by atoms with Crippen molar-refractivity contribution in [3.63, 3.8) is 0 Å². The first kappa shape index (κ1) is 19.7. The van der Waals surface area contributed by atoms with Crippen molar-refractivity contribution < 1.29 is 24.5 Å². The Labute approximate surface area is 161 Å². The quantitative estimate of drug-likeness (QED) is 0.494. The largest absolute Gasteiger partial charge is 0.508 e. The van der Waals surface area contributed by atoms with Gasteiger partial charge in [0, 0.05) is 36.3 Å². The van der Waals surface area contributed by atoms with E-state index in [4.69, 9.17) is 9.15 Å². The molecule has 0 amide bonds. The van der Waals surface area contributed by atoms with Crippen LogP contribution in [-0.4, -0.2) is 40.6 Å². The first-order valence-corrected chi connectivity index (χ1v) is 8.97. The van der Waals surface area contributed by atoms with Gasteiger partial charge in [-0.1, -0.05) is 13.8 Å². The fraction of sp³-hybridized carbons (Fsp3) is 0.286. The molecular formula is C21H23NO6. The third kappa shape index (κ3) is 4.82. The molecule has 4 N–H and O–H groups in total. The number of hydrogen-bond donors (Lipinski definition) is 4. The van der Waals surface area contributed by atoms with Gasteiger partial charge in [0.1, 0.15) is 41.3 Å². The smallest absolute Gasteiger partial charge is 0.193 e. The number of rotatable bonds is 7. The predicted molar refractivity (Wildman–Crippen MR) is 106 cm³/mol. The summed E-state index contributed by atoms with van der Waals surface area (Å²) in [6.45, 7) is 4.48. The van der Waals surface area contributed by atoms with Crippen molar-refractivity contribution in [2.24, 2.45) is 0 Å². The zero-order chi connectivity index (χ0) is 20.3. The summed E-state index contributed by atoms with van der Waals surface area (Å²) in [5.41, 5.74) is 0.419. The average Bonchev–Trinajstić information content (AvgIpc) is 2.63. The molecule has 0 saturated heterocycles. The lowest BCUT2D eigenvalue weighted by Crippen LogP contribution is -2.35. The summed E-state index contributed by atoms with van der Waals surface area (Å²) in [4.78, 5) is 12.4. The maximum absolute atomic E-state index is 12.4. The Morgan fingerprint density at radius 2 is 1.79 bits per heavy atom. The number of aromatic hydroxyl groups is 2. The third-order valence-electron chi connectivity index (χ3n) is 4.09. The molecule has 0 aliphatic rings. The van der Waals surface area contributed by atoms with Crippen LogP contribution in [0.15, 0.2) is 51.7 Å². The van der Waals surface area contributed by atoms with E-state index in [0.717, 1.165) is 0 Å². The van der Waals surface area contributed by atoms with E-state index in [-0.39, 0.29) is 35.3 Å². The fourth-order valence-corrected chi connectivity index (χ4v) is 2.73. The van der Waals surface area contributed by atoms with E-state index in [0.29, 0.717) is 28.8 Å². The van der Waals surface area contributed by atoms with Gasteiger partial charge in [-0.25, -0.2) is 0 Å². The lowest BCUT2D eigenvalue weighted by Gasteiger charge is -2.15. The standard InChI is InChI=1S/C21H23NO6/c1-12(2)22-10-16(25)11-27-17-3-4-18-19(26)9-20(28-21(18)8-17)13-5-14(23)7-15(24)6-13/h3-9,12,16,22-25H,10-11H2,1-2H3/t16-/m0/s1. The maximum atomic E-state index is 12.4. The first-order valence-electron chi connectivity index (χ1n) is 8.97. The van der Waals surface area contributed by atoms with Crippen molar-refractivity contribution in [1.29, 1.82) is 0 Å². The summed E-state index contributed by atoms with van der Waals surface area (Å²) >= 11 is 0. The van der Waals surface area contributed by atoms with Crippen molar-refractivity contribution in [2.45, 2.75) is 26.0 Å². The van der Waals surface area contributed by atoms with E-state index in [1.54, 1.807) is 18.2 Å². The summed E-state index contributed by atoms with van der Waals surface area (Å²) in [6.07, 6.45) is -0.674. The number of nitrogens with one attached hydrogen (secondary N) is 1. The van der Waals surface area contributed by atoms with Gasteiger partial charge in [-0.2, -0.15) is 0 Å². The highest BCUT2D eigenvalue weighted by Gasteiger charge is 2.11. The molecule has 3 rings (SSSR count). The van der Waals surface area contributed by atoms with Gasteiger partial charge in [-0.05, 0) is 24.3 Å². The highest BCUT2D eigenvalue weighted by Crippen LogP contribution is 2.30. The molecule has 3 aromatic rings. The molecule has 7 heteroatoms. The molecule has 0 aliphatic carbocycles. The molecule has 1 aromatic heterocycles. The lowest BCUT2D eigenvalue weighted by molar-refractivity contribution is 0.104. The van der Waals surface area contributed by atoms with Crippen molar-refractivity contribution in [1.82, 2.24) is 5.32 Å². The molecule has 2 aromatic carbocycles. The van der Waals surface area contributed by atoms with Crippen LogP contribution in [0.2, 0.25) is 0 Å². The Hall–Kier alpha value is -3.03. The molecule has 0 aliphatic heterocycles. The second-order valence-electron chi connectivity index (χ2n) is 6.90. The second-order valence-corrected chi connectivity index (χ2v) is 6.90. The molecule has 7 nitrogen and oxygen atoms in total. The summed E-state index contributed by atoms with van der Waals surface area (Å²) < 4.78 is 11.4. The van der Waals surface area contributed by atoms with E-state index in [1.165, 1.54) is 24.3 Å². The van der Waals surface area contributed by atoms with E-state index < -0.39 is 6.10 Å². The fourth-order valence-electron chi connectivity index (χ4n) is 2.73. The highest BCUT2D eigenvalue weighted by molar-refractivity contribution is 5.80. The molecule has 0 spiro atoms. The number of phenols is 2. The van der Waals surface area contributed by atoms with E-state index in [1.807, 2.05) is 13.8 Å². The predicted octanol–water partition coefficient (Wildman–Crippen LogP) is 2.61. The molecule has 0 fully saturated rings. The molecule has 28 heavy (non-hydrogen) atoms. The minimum atomic E-state index is -0.674. The minimum absolute atomic E-state index is 0.0928. The van der Waals surface area contributed by atoms with Crippen molar-refractivity contribution >= 4 is 11.0 Å². The first-order chi connectivity index (χ1) is 13.3. The van der Waals surface area contributed by atoms with Crippen LogP contribution in [0.1, 0.15) is 13.8 Å². The van der Waals surface area contributed by atoms with Gasteiger partial charge >= 0.3 is 0 Å². The minimum Gasteiger partial charge on any atom is -0.508 e. The van der Waals surface area contributed by atoms with Crippen LogP contribution in [0.3, 0.4) is 0 Å². The van der Waals surface area contributed by atoms with Crippen LogP contribution in [0.4, 0.5) is 0 Å². The van der Waals surface area contributed by atoms with Crippen LogP contribution >= 0.6 is 0 Å². The van der Waals surface area contributed by atoms with E-state index >= 15 is 0 Å². The van der Waals surface area contributed by atoms with Gasteiger partial charge in [-0.3, -0.25) is 4.79 Å². The SMILES string of the molecule is CC(C)NC[C@H](O)COc1ccc2c(=O)cc(-c3cc(O)cc(O)c3)oc2c1. The number of ether oxygens (including phenoxy) is 1. The Morgan fingerprint density at radius 3 is 2.46 bits per heavy atom. The van der Waals surface area contributed by atoms with Crippen molar-refractivity contribution in [3.05, 3.63) is 52.7 Å². The molecule has 0 unspecified atom stereocenters.